The van der Waals surface area contributed by atoms with Crippen molar-refractivity contribution in [2.45, 2.75) is 57.8 Å². The minimum Gasteiger partial charge on any atom is -0.207 e. The largest absolute Gasteiger partial charge is 0.207 e. The molecular weight excluding hydrogens is 314 g/mol. The lowest BCUT2D eigenvalue weighted by atomic mass is 9.79. The second-order valence-electron chi connectivity index (χ2n) is 7.09. The number of allylic oxidation sites excluding steroid dienone is 1. The van der Waals surface area contributed by atoms with Crippen molar-refractivity contribution in [3.8, 4) is 0 Å². The highest BCUT2D eigenvalue weighted by Crippen LogP contribution is 2.36. The quantitative estimate of drug-likeness (QED) is 0.541. The highest BCUT2D eigenvalue weighted by atomic mass is 19.1. The molecule has 2 aromatic carbocycles. The van der Waals surface area contributed by atoms with Crippen molar-refractivity contribution in [2.75, 3.05) is 0 Å². The van der Waals surface area contributed by atoms with Gasteiger partial charge in [0, 0.05) is 5.56 Å². The fourth-order valence-corrected chi connectivity index (χ4v) is 3.94. The van der Waals surface area contributed by atoms with E-state index in [9.17, 15) is 8.78 Å². The van der Waals surface area contributed by atoms with Crippen LogP contribution in [-0.4, -0.2) is 0 Å². The van der Waals surface area contributed by atoms with Crippen LogP contribution in [0.2, 0.25) is 0 Å². The highest BCUT2D eigenvalue weighted by molar-refractivity contribution is 5.38. The molecular formula is C23H26F2. The summed E-state index contributed by atoms with van der Waals surface area (Å²) in [4.78, 5) is 0. The molecule has 1 aliphatic carbocycles. The first-order chi connectivity index (χ1) is 12.1. The average Bonchev–Trinajstić information content (AvgIpc) is 2.59. The van der Waals surface area contributed by atoms with E-state index in [2.05, 4.69) is 24.8 Å². The molecule has 0 spiro atoms. The Hall–Kier alpha value is -1.96. The normalized spacial score (nSPS) is 16.5. The Morgan fingerprint density at radius 1 is 1.04 bits per heavy atom. The minimum atomic E-state index is -0.375. The van der Waals surface area contributed by atoms with E-state index in [1.54, 1.807) is 0 Å². The molecule has 1 aliphatic rings. The van der Waals surface area contributed by atoms with Crippen molar-refractivity contribution in [3.63, 3.8) is 0 Å². The average molecular weight is 340 g/mol. The summed E-state index contributed by atoms with van der Waals surface area (Å²) in [5.41, 5.74) is 4.92. The molecule has 2 aromatic rings. The molecule has 1 atom stereocenters. The van der Waals surface area contributed by atoms with Crippen molar-refractivity contribution in [3.05, 3.63) is 82.4 Å². The zero-order valence-corrected chi connectivity index (χ0v) is 15.0. The zero-order chi connectivity index (χ0) is 17.8. The first-order valence-corrected chi connectivity index (χ1v) is 9.31. The van der Waals surface area contributed by atoms with E-state index in [1.165, 1.54) is 28.8 Å². The van der Waals surface area contributed by atoms with Crippen LogP contribution in [-0.2, 0) is 25.7 Å². The van der Waals surface area contributed by atoms with Gasteiger partial charge in [0.05, 0.1) is 0 Å². The molecule has 1 unspecified atom stereocenters. The van der Waals surface area contributed by atoms with Crippen LogP contribution in [0.4, 0.5) is 8.78 Å². The predicted molar refractivity (Wildman–Crippen MR) is 100 cm³/mol. The number of benzene rings is 2. The van der Waals surface area contributed by atoms with Gasteiger partial charge in [0.1, 0.15) is 11.6 Å². The SMILES string of the molecule is C=CCCc1ccc2c(c1)CCC(c1c(F)cc(CCC)cc1F)C2. The first kappa shape index (κ1) is 17.8. The van der Waals surface area contributed by atoms with Gasteiger partial charge in [-0.3, -0.25) is 0 Å². The molecule has 0 heterocycles. The van der Waals surface area contributed by atoms with Crippen molar-refractivity contribution in [2.24, 2.45) is 0 Å². The van der Waals surface area contributed by atoms with Crippen LogP contribution in [0.1, 0.15) is 59.9 Å². The van der Waals surface area contributed by atoms with E-state index in [0.29, 0.717) is 0 Å². The summed E-state index contributed by atoms with van der Waals surface area (Å²) in [6.07, 6.45) is 7.93. The van der Waals surface area contributed by atoms with Gasteiger partial charge >= 0.3 is 0 Å². The summed E-state index contributed by atoms with van der Waals surface area (Å²) in [6, 6.07) is 9.58. The van der Waals surface area contributed by atoms with Crippen LogP contribution in [0.3, 0.4) is 0 Å². The summed E-state index contributed by atoms with van der Waals surface area (Å²) in [5.74, 6) is -0.818. The van der Waals surface area contributed by atoms with E-state index in [-0.39, 0.29) is 23.1 Å². The second kappa shape index (κ2) is 7.95. The Bertz CT molecular complexity index is 738. The monoisotopic (exact) mass is 340 g/mol. The number of hydrogen-bond acceptors (Lipinski definition) is 0. The van der Waals surface area contributed by atoms with Gasteiger partial charge in [-0.05, 0) is 78.8 Å². The highest BCUT2D eigenvalue weighted by Gasteiger charge is 2.26. The summed E-state index contributed by atoms with van der Waals surface area (Å²) in [6.45, 7) is 5.79. The third kappa shape index (κ3) is 4.00. The van der Waals surface area contributed by atoms with E-state index in [0.717, 1.165) is 50.5 Å². The number of hydrogen-bond donors (Lipinski definition) is 0. The second-order valence-corrected chi connectivity index (χ2v) is 7.09. The molecule has 3 rings (SSSR count). The van der Waals surface area contributed by atoms with Gasteiger partial charge in [-0.1, -0.05) is 37.6 Å². The third-order valence-electron chi connectivity index (χ3n) is 5.22. The van der Waals surface area contributed by atoms with E-state index < -0.39 is 0 Å². The maximum absolute atomic E-state index is 14.5. The summed E-state index contributed by atoms with van der Waals surface area (Å²) in [7, 11) is 0. The lowest BCUT2D eigenvalue weighted by molar-refractivity contribution is 0.489. The zero-order valence-electron chi connectivity index (χ0n) is 15.0. The first-order valence-electron chi connectivity index (χ1n) is 9.31. The summed E-state index contributed by atoms with van der Waals surface area (Å²) in [5, 5.41) is 0. The molecule has 0 fully saturated rings. The van der Waals surface area contributed by atoms with Gasteiger partial charge in [0.25, 0.3) is 0 Å². The molecule has 0 saturated carbocycles. The Kier molecular flexibility index (Phi) is 5.67. The van der Waals surface area contributed by atoms with Gasteiger partial charge in [0.2, 0.25) is 0 Å². The standard InChI is InChI=1S/C23H26F2/c1-3-5-7-16-8-9-19-15-20(11-10-18(19)12-16)23-21(24)13-17(6-4-2)14-22(23)25/h3,8-9,12-14,20H,1,4-7,10-11,15H2,2H3. The van der Waals surface area contributed by atoms with Crippen LogP contribution in [0.5, 0.6) is 0 Å². The molecule has 0 bridgehead atoms. The number of fused-ring (bicyclic) bond motifs is 1. The van der Waals surface area contributed by atoms with Crippen LogP contribution < -0.4 is 0 Å². The maximum atomic E-state index is 14.5. The third-order valence-corrected chi connectivity index (χ3v) is 5.22. The van der Waals surface area contributed by atoms with Crippen LogP contribution in [0.25, 0.3) is 0 Å². The van der Waals surface area contributed by atoms with Crippen LogP contribution in [0.15, 0.2) is 43.0 Å². The Labute approximate surface area is 149 Å². The molecule has 0 amide bonds. The van der Waals surface area contributed by atoms with Gasteiger partial charge in [-0.15, -0.1) is 6.58 Å². The number of aryl methyl sites for hydroxylation is 3. The van der Waals surface area contributed by atoms with Gasteiger partial charge in [-0.2, -0.15) is 0 Å². The molecule has 0 aromatic heterocycles. The van der Waals surface area contributed by atoms with E-state index in [4.69, 9.17) is 0 Å². The minimum absolute atomic E-state index is 0.0674. The lowest BCUT2D eigenvalue weighted by Gasteiger charge is -2.26. The molecule has 25 heavy (non-hydrogen) atoms. The molecule has 0 nitrogen and oxygen atoms in total. The Morgan fingerprint density at radius 3 is 2.48 bits per heavy atom. The van der Waals surface area contributed by atoms with Crippen molar-refractivity contribution >= 4 is 0 Å². The summed E-state index contributed by atoms with van der Waals surface area (Å²) < 4.78 is 29.1. The molecule has 0 aliphatic heterocycles. The fourth-order valence-electron chi connectivity index (χ4n) is 3.94. The smallest absolute Gasteiger partial charge is 0.129 e. The van der Waals surface area contributed by atoms with E-state index >= 15 is 0 Å². The number of rotatable bonds is 6. The molecule has 0 radical (unpaired) electrons. The Morgan fingerprint density at radius 2 is 1.80 bits per heavy atom. The molecule has 2 heteroatoms. The van der Waals surface area contributed by atoms with Gasteiger partial charge < -0.3 is 0 Å². The van der Waals surface area contributed by atoms with Crippen molar-refractivity contribution in [1.29, 1.82) is 0 Å². The molecule has 0 N–H and O–H groups in total. The van der Waals surface area contributed by atoms with Gasteiger partial charge in [0.15, 0.2) is 0 Å². The topological polar surface area (TPSA) is 0 Å². The fraction of sp³-hybridized carbons (Fsp3) is 0.391. The van der Waals surface area contributed by atoms with Crippen molar-refractivity contribution < 1.29 is 8.78 Å². The molecule has 132 valence electrons. The predicted octanol–water partition coefficient (Wildman–Crippen LogP) is 6.31. The van der Waals surface area contributed by atoms with Gasteiger partial charge in [-0.25, -0.2) is 8.78 Å². The lowest BCUT2D eigenvalue weighted by Crippen LogP contribution is -2.16. The van der Waals surface area contributed by atoms with Crippen molar-refractivity contribution in [1.82, 2.24) is 0 Å². The van der Waals surface area contributed by atoms with Crippen LogP contribution in [0, 0.1) is 11.6 Å². The van der Waals surface area contributed by atoms with Crippen LogP contribution >= 0.6 is 0 Å². The maximum Gasteiger partial charge on any atom is 0.129 e. The molecule has 0 saturated heterocycles. The van der Waals surface area contributed by atoms with E-state index in [1.807, 2.05) is 13.0 Å². The summed E-state index contributed by atoms with van der Waals surface area (Å²) >= 11 is 0. The number of halogens is 2. The Balaban J connectivity index is 1.82.